The van der Waals surface area contributed by atoms with Crippen LogP contribution in [0.1, 0.15) is 30.7 Å². The molecule has 0 spiro atoms. The van der Waals surface area contributed by atoms with E-state index >= 15 is 0 Å². The van der Waals surface area contributed by atoms with E-state index in [-0.39, 0.29) is 11.8 Å². The highest BCUT2D eigenvalue weighted by Crippen LogP contribution is 2.24. The Bertz CT molecular complexity index is 947. The molecule has 29 heavy (non-hydrogen) atoms. The molecule has 1 aliphatic rings. The van der Waals surface area contributed by atoms with Crippen LogP contribution in [0.4, 0.5) is 5.82 Å². The zero-order valence-electron chi connectivity index (χ0n) is 16.8. The summed E-state index contributed by atoms with van der Waals surface area (Å²) in [6.45, 7) is 6.78. The van der Waals surface area contributed by atoms with Gasteiger partial charge in [-0.3, -0.25) is 4.79 Å². The van der Waals surface area contributed by atoms with Gasteiger partial charge in [-0.2, -0.15) is 4.98 Å². The molecule has 0 radical (unpaired) electrons. The van der Waals surface area contributed by atoms with Gasteiger partial charge in [-0.25, -0.2) is 4.98 Å². The quantitative estimate of drug-likeness (QED) is 0.664. The minimum absolute atomic E-state index is 0.0708. The Balaban J connectivity index is 1.38. The van der Waals surface area contributed by atoms with E-state index in [1.54, 1.807) is 13.1 Å². The number of aromatic nitrogens is 3. The highest BCUT2D eigenvalue weighted by Gasteiger charge is 2.27. The van der Waals surface area contributed by atoms with Gasteiger partial charge in [-0.05, 0) is 24.1 Å². The Labute approximate surface area is 170 Å². The zero-order chi connectivity index (χ0) is 20.2. The number of nitrogens with zero attached hydrogens (tertiary/aromatic N) is 5. The van der Waals surface area contributed by atoms with Crippen molar-refractivity contribution in [2.24, 2.45) is 0 Å². The van der Waals surface area contributed by atoms with Crippen molar-refractivity contribution in [2.45, 2.75) is 26.2 Å². The molecule has 1 aromatic carbocycles. The van der Waals surface area contributed by atoms with Crippen LogP contribution in [0, 0.1) is 6.92 Å². The van der Waals surface area contributed by atoms with E-state index in [2.05, 4.69) is 26.9 Å². The van der Waals surface area contributed by atoms with Crippen molar-refractivity contribution in [3.8, 4) is 11.4 Å². The molecule has 1 saturated heterocycles. The van der Waals surface area contributed by atoms with Gasteiger partial charge in [0.15, 0.2) is 0 Å². The first-order valence-corrected chi connectivity index (χ1v) is 10.0. The normalized spacial score (nSPS) is 15.4. The monoisotopic (exact) mass is 391 g/mol. The maximum Gasteiger partial charge on any atom is 0.230 e. The lowest BCUT2D eigenvalue weighted by atomic mass is 9.95. The topological polar surface area (TPSA) is 75.4 Å². The fourth-order valence-electron chi connectivity index (χ4n) is 3.74. The molecule has 1 amide bonds. The third-order valence-electron chi connectivity index (χ3n) is 5.36. The van der Waals surface area contributed by atoms with Crippen LogP contribution in [0.5, 0.6) is 0 Å². The summed E-state index contributed by atoms with van der Waals surface area (Å²) in [5, 5.41) is 3.92. The van der Waals surface area contributed by atoms with Gasteiger partial charge in [0, 0.05) is 44.9 Å². The molecule has 1 aliphatic heterocycles. The number of amides is 1. The fraction of sp³-hybridized carbons (Fsp3) is 0.364. The predicted octanol–water partition coefficient (Wildman–Crippen LogP) is 3.28. The number of aryl methyl sites for hydroxylation is 1. The Morgan fingerprint density at radius 1 is 1.10 bits per heavy atom. The highest BCUT2D eigenvalue weighted by atomic mass is 16.5. The second kappa shape index (κ2) is 8.43. The van der Waals surface area contributed by atoms with Crippen molar-refractivity contribution >= 4 is 11.7 Å². The zero-order valence-corrected chi connectivity index (χ0v) is 16.8. The van der Waals surface area contributed by atoms with E-state index in [4.69, 9.17) is 4.52 Å². The van der Waals surface area contributed by atoms with E-state index in [9.17, 15) is 4.79 Å². The molecule has 7 nitrogen and oxygen atoms in total. The summed E-state index contributed by atoms with van der Waals surface area (Å²) in [7, 11) is 0. The predicted molar refractivity (Wildman–Crippen MR) is 111 cm³/mol. The summed E-state index contributed by atoms with van der Waals surface area (Å²) in [5.74, 6) is 2.12. The summed E-state index contributed by atoms with van der Waals surface area (Å²) in [6.07, 6.45) is 2.57. The van der Waals surface area contributed by atoms with Crippen molar-refractivity contribution in [1.82, 2.24) is 20.0 Å². The van der Waals surface area contributed by atoms with Crippen LogP contribution in [0.25, 0.3) is 11.4 Å². The maximum atomic E-state index is 13.0. The lowest BCUT2D eigenvalue weighted by Gasteiger charge is -2.37. The molecule has 0 saturated carbocycles. The summed E-state index contributed by atoms with van der Waals surface area (Å²) >= 11 is 0. The van der Waals surface area contributed by atoms with Crippen molar-refractivity contribution in [2.75, 3.05) is 31.1 Å². The average Bonchev–Trinajstić information content (AvgIpc) is 3.21. The SMILES string of the molecule is CCC(C(=O)N1CCN(c2ccc(-c3noc(C)n3)cn2)CC1)c1ccccc1. The number of hydrogen-bond donors (Lipinski definition) is 0. The first-order chi connectivity index (χ1) is 14.2. The summed E-state index contributed by atoms with van der Waals surface area (Å²) in [6, 6.07) is 14.0. The molecular weight excluding hydrogens is 366 g/mol. The van der Waals surface area contributed by atoms with Crippen LogP contribution in [0.3, 0.4) is 0 Å². The number of carbonyl (C=O) groups is 1. The van der Waals surface area contributed by atoms with Crippen LogP contribution in [-0.4, -0.2) is 52.1 Å². The molecular formula is C22H25N5O2. The van der Waals surface area contributed by atoms with Crippen molar-refractivity contribution < 1.29 is 9.32 Å². The van der Waals surface area contributed by atoms with Gasteiger partial charge in [0.1, 0.15) is 5.82 Å². The molecule has 2 aromatic heterocycles. The first kappa shape index (κ1) is 19.1. The van der Waals surface area contributed by atoms with Crippen LogP contribution in [-0.2, 0) is 4.79 Å². The van der Waals surface area contributed by atoms with E-state index < -0.39 is 0 Å². The Kier molecular flexibility index (Phi) is 5.55. The molecule has 1 fully saturated rings. The summed E-state index contributed by atoms with van der Waals surface area (Å²) in [4.78, 5) is 26.0. The van der Waals surface area contributed by atoms with Crippen LogP contribution in [0.2, 0.25) is 0 Å². The minimum atomic E-state index is -0.0708. The summed E-state index contributed by atoms with van der Waals surface area (Å²) < 4.78 is 5.02. The van der Waals surface area contributed by atoms with Gasteiger partial charge in [-0.1, -0.05) is 42.4 Å². The number of pyridine rings is 1. The van der Waals surface area contributed by atoms with Gasteiger partial charge < -0.3 is 14.3 Å². The van der Waals surface area contributed by atoms with Gasteiger partial charge in [0.05, 0.1) is 5.92 Å². The molecule has 1 unspecified atom stereocenters. The second-order valence-electron chi connectivity index (χ2n) is 7.23. The molecule has 3 aromatic rings. The van der Waals surface area contributed by atoms with E-state index in [0.29, 0.717) is 24.8 Å². The van der Waals surface area contributed by atoms with Crippen molar-refractivity contribution in [3.05, 3.63) is 60.1 Å². The third kappa shape index (κ3) is 4.13. The second-order valence-corrected chi connectivity index (χ2v) is 7.23. The van der Waals surface area contributed by atoms with E-state index in [1.165, 1.54) is 0 Å². The number of hydrogen-bond acceptors (Lipinski definition) is 6. The van der Waals surface area contributed by atoms with Gasteiger partial charge in [0.25, 0.3) is 0 Å². The standard InChI is InChI=1S/C22H25N5O2/c1-3-19(17-7-5-4-6-8-17)22(28)27-13-11-26(12-14-27)20-10-9-18(15-23-20)21-24-16(2)29-25-21/h4-10,15,19H,3,11-14H2,1-2H3. The summed E-state index contributed by atoms with van der Waals surface area (Å²) in [5.41, 5.74) is 1.92. The molecule has 0 bridgehead atoms. The fourth-order valence-corrected chi connectivity index (χ4v) is 3.74. The van der Waals surface area contributed by atoms with Crippen LogP contribution < -0.4 is 4.90 Å². The van der Waals surface area contributed by atoms with Gasteiger partial charge in [0.2, 0.25) is 17.6 Å². The largest absolute Gasteiger partial charge is 0.353 e. The lowest BCUT2D eigenvalue weighted by molar-refractivity contribution is -0.133. The van der Waals surface area contributed by atoms with E-state index in [1.807, 2.05) is 47.4 Å². The number of carbonyl (C=O) groups excluding carboxylic acids is 1. The Morgan fingerprint density at radius 2 is 1.86 bits per heavy atom. The van der Waals surface area contributed by atoms with E-state index in [0.717, 1.165) is 36.5 Å². The minimum Gasteiger partial charge on any atom is -0.353 e. The molecule has 150 valence electrons. The third-order valence-corrected chi connectivity index (χ3v) is 5.36. The van der Waals surface area contributed by atoms with Crippen molar-refractivity contribution in [1.29, 1.82) is 0 Å². The smallest absolute Gasteiger partial charge is 0.230 e. The van der Waals surface area contributed by atoms with Gasteiger partial charge in [-0.15, -0.1) is 0 Å². The number of benzene rings is 1. The molecule has 7 heteroatoms. The number of rotatable bonds is 5. The van der Waals surface area contributed by atoms with Gasteiger partial charge >= 0.3 is 0 Å². The average molecular weight is 391 g/mol. The molecule has 0 N–H and O–H groups in total. The highest BCUT2D eigenvalue weighted by molar-refractivity contribution is 5.84. The van der Waals surface area contributed by atoms with Crippen LogP contribution in [0.15, 0.2) is 53.2 Å². The Morgan fingerprint density at radius 3 is 2.45 bits per heavy atom. The number of piperazine rings is 1. The molecule has 0 aliphatic carbocycles. The lowest BCUT2D eigenvalue weighted by Crippen LogP contribution is -2.50. The molecule has 3 heterocycles. The Hall–Kier alpha value is -3.22. The van der Waals surface area contributed by atoms with Crippen molar-refractivity contribution in [3.63, 3.8) is 0 Å². The van der Waals surface area contributed by atoms with Crippen LogP contribution >= 0.6 is 0 Å². The number of anilines is 1. The molecule has 1 atom stereocenters. The maximum absolute atomic E-state index is 13.0. The molecule has 4 rings (SSSR count). The first-order valence-electron chi connectivity index (χ1n) is 10.0.